The van der Waals surface area contributed by atoms with Gasteiger partial charge in [-0.15, -0.1) is 0 Å². The Kier molecular flexibility index (Phi) is 50.2. The Balaban J connectivity index is 4.09. The summed E-state index contributed by atoms with van der Waals surface area (Å²) in [6.07, 6.45) is 57.2. The highest BCUT2D eigenvalue weighted by atomic mass is 31.2. The van der Waals surface area contributed by atoms with Crippen molar-refractivity contribution in [1.29, 1.82) is 0 Å². The van der Waals surface area contributed by atoms with Crippen LogP contribution in [0.15, 0.2) is 0 Å². The minimum Gasteiger partial charge on any atom is -0.756 e. The molecule has 0 amide bonds. The van der Waals surface area contributed by atoms with Crippen LogP contribution in [0.25, 0.3) is 0 Å². The van der Waals surface area contributed by atoms with Crippen molar-refractivity contribution < 1.29 is 42.1 Å². The van der Waals surface area contributed by atoms with Gasteiger partial charge in [-0.1, -0.05) is 284 Å². The molecular formula is C58H116NO8P. The fourth-order valence-corrected chi connectivity index (χ4v) is 9.74. The van der Waals surface area contributed by atoms with E-state index in [2.05, 4.69) is 13.8 Å². The van der Waals surface area contributed by atoms with E-state index in [0.29, 0.717) is 17.4 Å². The van der Waals surface area contributed by atoms with Crippen LogP contribution in [0.3, 0.4) is 0 Å². The van der Waals surface area contributed by atoms with Gasteiger partial charge in [0.05, 0.1) is 27.7 Å². The van der Waals surface area contributed by atoms with E-state index in [-0.39, 0.29) is 32.0 Å². The average Bonchev–Trinajstić information content (AvgIpc) is 3.30. The summed E-state index contributed by atoms with van der Waals surface area (Å²) in [5.41, 5.74) is 0. The van der Waals surface area contributed by atoms with Gasteiger partial charge in [-0.3, -0.25) is 14.2 Å². The molecular weight excluding hydrogens is 870 g/mol. The maximum absolute atomic E-state index is 12.8. The van der Waals surface area contributed by atoms with Crippen molar-refractivity contribution in [1.82, 2.24) is 0 Å². The van der Waals surface area contributed by atoms with Gasteiger partial charge in [0.2, 0.25) is 0 Å². The second-order valence-corrected chi connectivity index (χ2v) is 23.1. The second kappa shape index (κ2) is 50.9. The number of ether oxygens (including phenoxy) is 2. The van der Waals surface area contributed by atoms with Crippen molar-refractivity contribution in [3.63, 3.8) is 0 Å². The first kappa shape index (κ1) is 67.0. The van der Waals surface area contributed by atoms with Crippen LogP contribution >= 0.6 is 7.82 Å². The standard InChI is InChI=1S/C58H116NO8P/c1-6-8-10-12-14-16-18-20-22-24-26-28-29-30-31-33-35-37-39-41-43-45-47-49-51-58(61)67-56(55-66-68(62,63)65-53-52-59(3,4)5)54-64-57(60)50-48-46-44-42-40-38-36-34-32-27-25-23-21-19-17-15-13-11-9-7-2/h56H,6-55H2,1-5H3. The minimum absolute atomic E-state index is 0.0250. The number of nitrogens with zero attached hydrogens (tertiary/aromatic N) is 1. The van der Waals surface area contributed by atoms with Crippen LogP contribution < -0.4 is 4.89 Å². The summed E-state index contributed by atoms with van der Waals surface area (Å²) >= 11 is 0. The highest BCUT2D eigenvalue weighted by Crippen LogP contribution is 2.38. The van der Waals surface area contributed by atoms with E-state index in [1.54, 1.807) is 0 Å². The molecule has 0 radical (unpaired) electrons. The molecule has 0 saturated heterocycles. The molecule has 0 saturated carbocycles. The van der Waals surface area contributed by atoms with Crippen LogP contribution in [-0.2, 0) is 32.7 Å². The average molecular weight is 987 g/mol. The summed E-state index contributed by atoms with van der Waals surface area (Å²) in [4.78, 5) is 37.9. The zero-order chi connectivity index (χ0) is 49.9. The fourth-order valence-electron chi connectivity index (χ4n) is 9.01. The maximum Gasteiger partial charge on any atom is 0.306 e. The number of unbranched alkanes of at least 4 members (excludes halogenated alkanes) is 42. The molecule has 0 bridgehead atoms. The zero-order valence-electron chi connectivity index (χ0n) is 46.1. The quantitative estimate of drug-likeness (QED) is 0.0256. The number of hydrogen-bond donors (Lipinski definition) is 0. The number of hydrogen-bond acceptors (Lipinski definition) is 8. The van der Waals surface area contributed by atoms with Crippen molar-refractivity contribution in [3.05, 3.63) is 0 Å². The predicted octanol–water partition coefficient (Wildman–Crippen LogP) is 17.6. The molecule has 0 aromatic heterocycles. The monoisotopic (exact) mass is 986 g/mol. The Labute approximate surface area is 423 Å². The number of phosphoric acid groups is 1. The molecule has 0 aliphatic rings. The Bertz CT molecular complexity index is 1120. The highest BCUT2D eigenvalue weighted by Gasteiger charge is 2.22. The first-order chi connectivity index (χ1) is 33.0. The van der Waals surface area contributed by atoms with Crippen molar-refractivity contribution in [2.45, 2.75) is 315 Å². The van der Waals surface area contributed by atoms with Gasteiger partial charge in [-0.2, -0.15) is 0 Å². The number of likely N-dealkylation sites (N-methyl/N-ethyl adjacent to an activating group) is 1. The van der Waals surface area contributed by atoms with Crippen molar-refractivity contribution >= 4 is 19.8 Å². The number of esters is 2. The third kappa shape index (κ3) is 54.3. The fraction of sp³-hybridized carbons (Fsp3) is 0.966. The lowest BCUT2D eigenvalue weighted by Gasteiger charge is -2.28. The molecule has 2 unspecified atom stereocenters. The highest BCUT2D eigenvalue weighted by molar-refractivity contribution is 7.45. The summed E-state index contributed by atoms with van der Waals surface area (Å²) in [6, 6.07) is 0. The first-order valence-corrected chi connectivity index (χ1v) is 31.2. The van der Waals surface area contributed by atoms with Gasteiger partial charge in [-0.25, -0.2) is 0 Å². The van der Waals surface area contributed by atoms with Gasteiger partial charge in [-0.05, 0) is 12.8 Å². The molecule has 0 N–H and O–H groups in total. The van der Waals surface area contributed by atoms with Gasteiger partial charge >= 0.3 is 11.9 Å². The molecule has 68 heavy (non-hydrogen) atoms. The second-order valence-electron chi connectivity index (χ2n) is 21.7. The summed E-state index contributed by atoms with van der Waals surface area (Å²) in [5, 5.41) is 0. The van der Waals surface area contributed by atoms with Gasteiger partial charge in [0.1, 0.15) is 19.8 Å². The Morgan fingerprint density at radius 1 is 0.397 bits per heavy atom. The molecule has 0 rings (SSSR count). The molecule has 0 fully saturated rings. The summed E-state index contributed by atoms with van der Waals surface area (Å²) in [5.74, 6) is -0.808. The maximum atomic E-state index is 12.8. The molecule has 2 atom stereocenters. The van der Waals surface area contributed by atoms with E-state index in [1.807, 2.05) is 21.1 Å². The number of quaternary nitrogens is 1. The van der Waals surface area contributed by atoms with Gasteiger partial charge in [0.25, 0.3) is 7.82 Å². The summed E-state index contributed by atoms with van der Waals surface area (Å²) < 4.78 is 34.2. The third-order valence-electron chi connectivity index (χ3n) is 13.6. The Hall–Kier alpha value is -0.990. The SMILES string of the molecule is CCCCCCCCCCCCCCCCCCCCCCCCCCC(=O)OC(COC(=O)CCCCCCCCCCCCCCCCCCCCCC)COP(=O)([O-])OCC[N+](C)(C)C. The van der Waals surface area contributed by atoms with Crippen LogP contribution in [0.2, 0.25) is 0 Å². The summed E-state index contributed by atoms with van der Waals surface area (Å²) in [6.45, 7) is 4.32. The number of carbonyl (C=O) groups excluding carboxylic acids is 2. The first-order valence-electron chi connectivity index (χ1n) is 29.7. The molecule has 0 aliphatic heterocycles. The minimum atomic E-state index is -4.63. The Morgan fingerprint density at radius 3 is 0.941 bits per heavy atom. The van der Waals surface area contributed by atoms with E-state index >= 15 is 0 Å². The molecule has 0 aromatic rings. The largest absolute Gasteiger partial charge is 0.756 e. The van der Waals surface area contributed by atoms with E-state index in [9.17, 15) is 19.0 Å². The van der Waals surface area contributed by atoms with E-state index in [4.69, 9.17) is 18.5 Å². The smallest absolute Gasteiger partial charge is 0.306 e. The zero-order valence-corrected chi connectivity index (χ0v) is 47.0. The van der Waals surface area contributed by atoms with Crippen molar-refractivity contribution in [2.24, 2.45) is 0 Å². The van der Waals surface area contributed by atoms with E-state index < -0.39 is 26.5 Å². The van der Waals surface area contributed by atoms with E-state index in [0.717, 1.165) is 32.1 Å². The molecule has 0 aromatic carbocycles. The number of phosphoric ester groups is 1. The van der Waals surface area contributed by atoms with Crippen LogP contribution in [0.4, 0.5) is 0 Å². The molecule has 9 nitrogen and oxygen atoms in total. The molecule has 0 spiro atoms. The van der Waals surface area contributed by atoms with E-state index in [1.165, 1.54) is 244 Å². The molecule has 10 heteroatoms. The van der Waals surface area contributed by atoms with Crippen molar-refractivity contribution in [2.75, 3.05) is 47.5 Å². The summed E-state index contributed by atoms with van der Waals surface area (Å²) in [7, 11) is 1.19. The van der Waals surface area contributed by atoms with Gasteiger partial charge in [0.15, 0.2) is 6.10 Å². The normalized spacial score (nSPS) is 13.2. The van der Waals surface area contributed by atoms with Crippen molar-refractivity contribution in [3.8, 4) is 0 Å². The Morgan fingerprint density at radius 2 is 0.662 bits per heavy atom. The predicted molar refractivity (Wildman–Crippen MR) is 287 cm³/mol. The molecule has 0 aliphatic carbocycles. The lowest BCUT2D eigenvalue weighted by molar-refractivity contribution is -0.870. The lowest BCUT2D eigenvalue weighted by Crippen LogP contribution is -2.37. The van der Waals surface area contributed by atoms with Crippen LogP contribution in [0.5, 0.6) is 0 Å². The molecule has 0 heterocycles. The van der Waals surface area contributed by atoms with Crippen LogP contribution in [-0.4, -0.2) is 70.0 Å². The number of carbonyl (C=O) groups is 2. The third-order valence-corrected chi connectivity index (χ3v) is 14.6. The number of rotatable bonds is 56. The van der Waals surface area contributed by atoms with Crippen LogP contribution in [0.1, 0.15) is 309 Å². The lowest BCUT2D eigenvalue weighted by atomic mass is 10.0. The van der Waals surface area contributed by atoms with Gasteiger partial charge in [0, 0.05) is 12.8 Å². The van der Waals surface area contributed by atoms with Gasteiger partial charge < -0.3 is 27.9 Å². The topological polar surface area (TPSA) is 111 Å². The van der Waals surface area contributed by atoms with Crippen LogP contribution in [0, 0.1) is 0 Å². The molecule has 406 valence electrons.